The van der Waals surface area contributed by atoms with Crippen LogP contribution in [0.3, 0.4) is 0 Å². The van der Waals surface area contributed by atoms with Gasteiger partial charge in [0.15, 0.2) is 5.82 Å². The Bertz CT molecular complexity index is 515. The first-order valence-electron chi connectivity index (χ1n) is 3.71. The predicted molar refractivity (Wildman–Crippen MR) is 73.1 cm³/mol. The Kier molecular flexibility index (Phi) is 3.72. The van der Waals surface area contributed by atoms with Gasteiger partial charge in [-0.3, -0.25) is 0 Å². The Balaban J connectivity index is 2.54. The summed E-state index contributed by atoms with van der Waals surface area (Å²) >= 11 is 21.0. The van der Waals surface area contributed by atoms with E-state index in [0.717, 1.165) is 3.57 Å². The molecule has 0 radical (unpaired) electrons. The minimum atomic E-state index is 0.416. The predicted octanol–water partition coefficient (Wildman–Crippen LogP) is 4.77. The lowest BCUT2D eigenvalue weighted by atomic mass is 10.3. The number of rotatable bonds is 1. The van der Waals surface area contributed by atoms with Crippen molar-refractivity contribution in [1.82, 2.24) is 9.97 Å². The fourth-order valence-corrected chi connectivity index (χ4v) is 2.81. The molecule has 2 rings (SSSR count). The van der Waals surface area contributed by atoms with E-state index in [1.807, 2.05) is 0 Å². The molecule has 0 bridgehead atoms. The van der Waals surface area contributed by atoms with Gasteiger partial charge in [-0.25, -0.2) is 9.97 Å². The molecule has 0 aromatic carbocycles. The second-order valence-corrected chi connectivity index (χ2v) is 6.38. The van der Waals surface area contributed by atoms with Gasteiger partial charge in [-0.15, -0.1) is 11.3 Å². The third-order valence-electron chi connectivity index (χ3n) is 1.60. The Morgan fingerprint density at radius 3 is 2.53 bits per heavy atom. The van der Waals surface area contributed by atoms with Crippen LogP contribution in [0.2, 0.25) is 13.8 Å². The fraction of sp³-hybridized carbons (Fsp3) is 0. The van der Waals surface area contributed by atoms with Crippen molar-refractivity contribution in [3.05, 3.63) is 29.7 Å². The lowest BCUT2D eigenvalue weighted by Gasteiger charge is -1.99. The van der Waals surface area contributed by atoms with Crippen LogP contribution in [-0.4, -0.2) is 9.97 Å². The second kappa shape index (κ2) is 4.71. The summed E-state index contributed by atoms with van der Waals surface area (Å²) in [7, 11) is 0. The quantitative estimate of drug-likeness (QED) is 0.517. The molecule has 0 atom stereocenters. The molecule has 0 saturated carbocycles. The van der Waals surface area contributed by atoms with Crippen molar-refractivity contribution < 1.29 is 0 Å². The third-order valence-corrected chi connectivity index (χ3v) is 4.48. The topological polar surface area (TPSA) is 25.8 Å². The zero-order chi connectivity index (χ0) is 11.0. The van der Waals surface area contributed by atoms with Gasteiger partial charge in [0.25, 0.3) is 0 Å². The van der Waals surface area contributed by atoms with Crippen molar-refractivity contribution in [2.75, 3.05) is 0 Å². The van der Waals surface area contributed by atoms with Crippen molar-refractivity contribution in [2.24, 2.45) is 0 Å². The summed E-state index contributed by atoms with van der Waals surface area (Å²) in [6, 6.07) is 1.73. The van der Waals surface area contributed by atoms with E-state index in [9.17, 15) is 0 Å². The van der Waals surface area contributed by atoms with Crippen LogP contribution in [0, 0.1) is 3.57 Å². The molecule has 78 valence electrons. The summed E-state index contributed by atoms with van der Waals surface area (Å²) < 4.78 is 1.97. The summed E-state index contributed by atoms with van der Waals surface area (Å²) in [5, 5.41) is 0.416. The van der Waals surface area contributed by atoms with E-state index < -0.39 is 0 Å². The van der Waals surface area contributed by atoms with Crippen LogP contribution >= 0.6 is 68.7 Å². The number of aromatic nitrogens is 2. The first-order chi connectivity index (χ1) is 7.08. The number of thiophene rings is 1. The van der Waals surface area contributed by atoms with Crippen LogP contribution in [0.4, 0.5) is 0 Å². The van der Waals surface area contributed by atoms with E-state index in [4.69, 9.17) is 34.8 Å². The van der Waals surface area contributed by atoms with Gasteiger partial charge < -0.3 is 0 Å². The van der Waals surface area contributed by atoms with Gasteiger partial charge in [-0.2, -0.15) is 0 Å². The van der Waals surface area contributed by atoms with Crippen molar-refractivity contribution in [1.29, 1.82) is 0 Å². The van der Waals surface area contributed by atoms with Crippen LogP contribution in [0.1, 0.15) is 0 Å². The lowest BCUT2D eigenvalue weighted by Crippen LogP contribution is -1.90. The Hall–Kier alpha value is 0.380. The molecule has 2 aromatic heterocycles. The number of hydrogen-bond donors (Lipinski definition) is 0. The van der Waals surface area contributed by atoms with E-state index in [-0.39, 0.29) is 0 Å². The first-order valence-corrected chi connectivity index (χ1v) is 6.74. The van der Waals surface area contributed by atoms with Crippen LogP contribution in [0.25, 0.3) is 11.4 Å². The molecule has 0 spiro atoms. The highest BCUT2D eigenvalue weighted by Crippen LogP contribution is 2.37. The largest absolute Gasteiger partial charge is 0.235 e. The van der Waals surface area contributed by atoms with Crippen LogP contribution in [0.5, 0.6) is 0 Å². The van der Waals surface area contributed by atoms with Crippen LogP contribution in [0.15, 0.2) is 12.3 Å². The van der Waals surface area contributed by atoms with E-state index in [1.165, 1.54) is 11.3 Å². The summed E-state index contributed by atoms with van der Waals surface area (Å²) in [6.45, 7) is 0. The summed E-state index contributed by atoms with van der Waals surface area (Å²) in [5.41, 5.74) is 0.713. The highest BCUT2D eigenvalue weighted by atomic mass is 127. The highest BCUT2D eigenvalue weighted by molar-refractivity contribution is 14.1. The van der Waals surface area contributed by atoms with E-state index in [1.54, 1.807) is 12.3 Å². The van der Waals surface area contributed by atoms with E-state index in [0.29, 0.717) is 25.2 Å². The number of nitrogens with zero attached hydrogens (tertiary/aromatic N) is 2. The number of halogens is 4. The van der Waals surface area contributed by atoms with Gasteiger partial charge in [0.1, 0.15) is 9.49 Å². The van der Waals surface area contributed by atoms with Crippen molar-refractivity contribution >= 4 is 68.7 Å². The van der Waals surface area contributed by atoms with Crippen molar-refractivity contribution in [3.63, 3.8) is 0 Å². The van der Waals surface area contributed by atoms with Crippen LogP contribution in [-0.2, 0) is 0 Å². The molecule has 0 aliphatic rings. The average Bonchev–Trinajstić information content (AvgIpc) is 2.50. The zero-order valence-corrected chi connectivity index (χ0v) is 12.2. The molecule has 2 nitrogen and oxygen atoms in total. The van der Waals surface area contributed by atoms with Gasteiger partial charge in [0.05, 0.1) is 13.5 Å². The van der Waals surface area contributed by atoms with Gasteiger partial charge in [-0.05, 0) is 28.7 Å². The lowest BCUT2D eigenvalue weighted by molar-refractivity contribution is 1.16. The average molecular weight is 391 g/mol. The minimum Gasteiger partial charge on any atom is -0.235 e. The summed E-state index contributed by atoms with van der Waals surface area (Å²) in [6.07, 6.45) is 1.65. The maximum atomic E-state index is 5.98. The van der Waals surface area contributed by atoms with Gasteiger partial charge in [-0.1, -0.05) is 34.8 Å². The molecule has 2 aromatic rings. The Morgan fingerprint density at radius 1 is 1.27 bits per heavy atom. The summed E-state index contributed by atoms with van der Waals surface area (Å²) in [4.78, 5) is 8.27. The molecular formula is C8H2Cl3IN2S. The Morgan fingerprint density at radius 2 is 2.00 bits per heavy atom. The molecular weight excluding hydrogens is 389 g/mol. The molecule has 0 aliphatic carbocycles. The number of hydrogen-bond acceptors (Lipinski definition) is 3. The molecule has 0 amide bonds. The monoisotopic (exact) mass is 390 g/mol. The molecule has 0 fully saturated rings. The maximum absolute atomic E-state index is 5.98. The first kappa shape index (κ1) is 11.9. The molecule has 7 heteroatoms. The van der Waals surface area contributed by atoms with Crippen LogP contribution < -0.4 is 0 Å². The van der Waals surface area contributed by atoms with E-state index >= 15 is 0 Å². The van der Waals surface area contributed by atoms with E-state index in [2.05, 4.69) is 32.6 Å². The SMILES string of the molecule is Clc1cc(-c2ncc(I)c(Cl)n2)c(Cl)s1. The van der Waals surface area contributed by atoms with Crippen molar-refractivity contribution in [3.8, 4) is 11.4 Å². The third kappa shape index (κ3) is 2.55. The fourth-order valence-electron chi connectivity index (χ4n) is 0.969. The Labute approximate surface area is 119 Å². The molecule has 0 saturated heterocycles. The normalized spacial score (nSPS) is 10.7. The molecule has 2 heterocycles. The van der Waals surface area contributed by atoms with Gasteiger partial charge in [0, 0.05) is 6.20 Å². The molecule has 15 heavy (non-hydrogen) atoms. The summed E-state index contributed by atoms with van der Waals surface area (Å²) in [5.74, 6) is 0.494. The van der Waals surface area contributed by atoms with Gasteiger partial charge in [0.2, 0.25) is 0 Å². The minimum absolute atomic E-state index is 0.416. The standard InChI is InChI=1S/C8H2Cl3IN2S/c9-5-1-3(7(11)15-5)8-13-2-4(12)6(10)14-8/h1-2H. The molecule has 0 unspecified atom stereocenters. The maximum Gasteiger partial charge on any atom is 0.163 e. The van der Waals surface area contributed by atoms with Gasteiger partial charge >= 0.3 is 0 Å². The highest BCUT2D eigenvalue weighted by Gasteiger charge is 2.12. The smallest absolute Gasteiger partial charge is 0.163 e. The second-order valence-electron chi connectivity index (χ2n) is 2.57. The molecule has 0 N–H and O–H groups in total. The molecule has 0 aliphatic heterocycles. The zero-order valence-electron chi connectivity index (χ0n) is 6.97. The van der Waals surface area contributed by atoms with Crippen molar-refractivity contribution in [2.45, 2.75) is 0 Å².